The van der Waals surface area contributed by atoms with Gasteiger partial charge >= 0.3 is 6.03 Å². The summed E-state index contributed by atoms with van der Waals surface area (Å²) < 4.78 is 0. The van der Waals surface area contributed by atoms with E-state index in [4.69, 9.17) is 0 Å². The van der Waals surface area contributed by atoms with Gasteiger partial charge in [0.05, 0.1) is 6.04 Å². The van der Waals surface area contributed by atoms with Crippen LogP contribution in [0.4, 0.5) is 16.2 Å². The minimum Gasteiger partial charge on any atom is -0.331 e. The molecule has 0 radical (unpaired) electrons. The fourth-order valence-electron chi connectivity index (χ4n) is 3.53. The smallest absolute Gasteiger partial charge is 0.319 e. The van der Waals surface area contributed by atoms with Gasteiger partial charge in [-0.2, -0.15) is 0 Å². The van der Waals surface area contributed by atoms with Crippen molar-refractivity contribution in [2.24, 2.45) is 0 Å². The molecule has 2 aromatic carbocycles. The molecule has 6 nitrogen and oxygen atoms in total. The third kappa shape index (κ3) is 4.11. The average Bonchev–Trinajstić information content (AvgIpc) is 3.18. The van der Waals surface area contributed by atoms with Crippen LogP contribution in [-0.4, -0.2) is 23.5 Å². The quantitative estimate of drug-likeness (QED) is 0.707. The van der Waals surface area contributed by atoms with Gasteiger partial charge in [-0.05, 0) is 60.9 Å². The number of carbonyl (C=O) groups excluding carboxylic acids is 2. The van der Waals surface area contributed by atoms with Gasteiger partial charge in [-0.15, -0.1) is 0 Å². The summed E-state index contributed by atoms with van der Waals surface area (Å²) in [6, 6.07) is 18.2. The van der Waals surface area contributed by atoms with Crippen molar-refractivity contribution in [3.05, 3.63) is 89.7 Å². The maximum absolute atomic E-state index is 13.0. The summed E-state index contributed by atoms with van der Waals surface area (Å²) in [6.07, 6.45) is 4.24. The standard InChI is InChI=1S/C23H22N4O2/c1-16(17-9-12-24-13-10-17)25-23(29)26-20-7-4-6-19(15-20)22(28)27-14-11-18-5-2-3-8-21(18)27/h2-10,12-13,15-16H,11,14H2,1H3,(H2,25,26,29). The largest absolute Gasteiger partial charge is 0.331 e. The van der Waals surface area contributed by atoms with Crippen LogP contribution in [-0.2, 0) is 6.42 Å². The van der Waals surface area contributed by atoms with Crippen LogP contribution in [0, 0.1) is 0 Å². The van der Waals surface area contributed by atoms with Crippen LogP contribution in [0.1, 0.15) is 34.5 Å². The monoisotopic (exact) mass is 386 g/mol. The number of hydrogen-bond donors (Lipinski definition) is 2. The van der Waals surface area contributed by atoms with Crippen molar-refractivity contribution < 1.29 is 9.59 Å². The molecule has 1 atom stereocenters. The number of pyridine rings is 1. The Kier molecular flexibility index (Phi) is 5.24. The van der Waals surface area contributed by atoms with E-state index in [1.165, 1.54) is 5.56 Å². The minimum absolute atomic E-state index is 0.0656. The Bertz CT molecular complexity index is 1040. The van der Waals surface area contributed by atoms with Gasteiger partial charge in [-0.1, -0.05) is 24.3 Å². The van der Waals surface area contributed by atoms with Crippen LogP contribution < -0.4 is 15.5 Å². The van der Waals surface area contributed by atoms with Gasteiger partial charge in [-0.3, -0.25) is 9.78 Å². The number of fused-ring (bicyclic) bond motifs is 1. The second kappa shape index (κ2) is 8.14. The van der Waals surface area contributed by atoms with Crippen LogP contribution in [0.25, 0.3) is 0 Å². The van der Waals surface area contributed by atoms with Gasteiger partial charge in [-0.25, -0.2) is 4.79 Å². The number of para-hydroxylation sites is 1. The third-order valence-electron chi connectivity index (χ3n) is 5.05. The molecule has 3 aromatic rings. The van der Waals surface area contributed by atoms with Crippen molar-refractivity contribution >= 4 is 23.3 Å². The van der Waals surface area contributed by atoms with Crippen molar-refractivity contribution in [1.29, 1.82) is 0 Å². The van der Waals surface area contributed by atoms with Gasteiger partial charge in [0.1, 0.15) is 0 Å². The lowest BCUT2D eigenvalue weighted by atomic mass is 10.1. The molecule has 1 aliphatic heterocycles. The maximum atomic E-state index is 13.0. The summed E-state index contributed by atoms with van der Waals surface area (Å²) >= 11 is 0. The number of anilines is 2. The molecule has 0 saturated heterocycles. The zero-order valence-electron chi connectivity index (χ0n) is 16.1. The zero-order valence-corrected chi connectivity index (χ0v) is 16.1. The van der Waals surface area contributed by atoms with E-state index in [-0.39, 0.29) is 18.0 Å². The van der Waals surface area contributed by atoms with Gasteiger partial charge in [0.15, 0.2) is 0 Å². The number of nitrogens with zero attached hydrogens (tertiary/aromatic N) is 2. The molecule has 0 bridgehead atoms. The predicted octanol–water partition coefficient (Wildman–Crippen LogP) is 4.17. The Labute approximate surface area is 169 Å². The maximum Gasteiger partial charge on any atom is 0.319 e. The van der Waals surface area contributed by atoms with E-state index in [1.807, 2.05) is 37.3 Å². The normalized spacial score (nSPS) is 13.5. The first-order valence-electron chi connectivity index (χ1n) is 9.59. The lowest BCUT2D eigenvalue weighted by molar-refractivity contribution is 0.0989. The molecule has 0 fully saturated rings. The fraction of sp³-hybridized carbons (Fsp3) is 0.174. The lowest BCUT2D eigenvalue weighted by Crippen LogP contribution is -2.31. The Morgan fingerprint density at radius 2 is 1.83 bits per heavy atom. The van der Waals surface area contributed by atoms with E-state index >= 15 is 0 Å². The number of nitrogens with one attached hydrogen (secondary N) is 2. The highest BCUT2D eigenvalue weighted by molar-refractivity contribution is 6.08. The number of hydrogen-bond acceptors (Lipinski definition) is 3. The number of rotatable bonds is 4. The van der Waals surface area contributed by atoms with Crippen LogP contribution in [0.5, 0.6) is 0 Å². The van der Waals surface area contributed by atoms with Gasteiger partial charge < -0.3 is 15.5 Å². The van der Waals surface area contributed by atoms with E-state index < -0.39 is 0 Å². The lowest BCUT2D eigenvalue weighted by Gasteiger charge is -2.18. The summed E-state index contributed by atoms with van der Waals surface area (Å²) in [4.78, 5) is 31.1. The predicted molar refractivity (Wildman–Crippen MR) is 113 cm³/mol. The minimum atomic E-state index is -0.328. The number of carbonyl (C=O) groups is 2. The fourth-order valence-corrected chi connectivity index (χ4v) is 3.53. The molecule has 4 rings (SSSR count). The molecule has 0 aliphatic carbocycles. The molecule has 29 heavy (non-hydrogen) atoms. The number of benzene rings is 2. The van der Waals surface area contributed by atoms with Crippen LogP contribution in [0.2, 0.25) is 0 Å². The van der Waals surface area contributed by atoms with Gasteiger partial charge in [0, 0.05) is 35.9 Å². The van der Waals surface area contributed by atoms with Crippen LogP contribution in [0.15, 0.2) is 73.1 Å². The molecule has 2 N–H and O–H groups in total. The zero-order chi connectivity index (χ0) is 20.2. The van der Waals surface area contributed by atoms with E-state index in [1.54, 1.807) is 41.6 Å². The van der Waals surface area contributed by atoms with Crippen LogP contribution >= 0.6 is 0 Å². The molecule has 3 amide bonds. The molecule has 146 valence electrons. The Hall–Kier alpha value is -3.67. The second-order valence-electron chi connectivity index (χ2n) is 7.02. The summed E-state index contributed by atoms with van der Waals surface area (Å²) in [5.74, 6) is -0.0656. The van der Waals surface area contributed by atoms with E-state index in [0.29, 0.717) is 17.8 Å². The Morgan fingerprint density at radius 1 is 1.03 bits per heavy atom. The Morgan fingerprint density at radius 3 is 2.66 bits per heavy atom. The molecule has 0 saturated carbocycles. The SMILES string of the molecule is CC(NC(=O)Nc1cccc(C(=O)N2CCc3ccccc32)c1)c1ccncc1. The van der Waals surface area contributed by atoms with Crippen molar-refractivity contribution in [3.63, 3.8) is 0 Å². The molecule has 1 aromatic heterocycles. The second-order valence-corrected chi connectivity index (χ2v) is 7.02. The van der Waals surface area contributed by atoms with Gasteiger partial charge in [0.2, 0.25) is 0 Å². The summed E-state index contributed by atoms with van der Waals surface area (Å²) in [7, 11) is 0. The van der Waals surface area contributed by atoms with Crippen LogP contribution in [0.3, 0.4) is 0 Å². The van der Waals surface area contributed by atoms with Crippen molar-refractivity contribution in [2.45, 2.75) is 19.4 Å². The highest BCUT2D eigenvalue weighted by Gasteiger charge is 2.25. The van der Waals surface area contributed by atoms with Crippen molar-refractivity contribution in [3.8, 4) is 0 Å². The van der Waals surface area contributed by atoms with E-state index in [0.717, 1.165) is 17.7 Å². The highest BCUT2D eigenvalue weighted by Crippen LogP contribution is 2.29. The third-order valence-corrected chi connectivity index (χ3v) is 5.05. The first-order valence-corrected chi connectivity index (χ1v) is 9.59. The highest BCUT2D eigenvalue weighted by atomic mass is 16.2. The van der Waals surface area contributed by atoms with Gasteiger partial charge in [0.25, 0.3) is 5.91 Å². The first-order chi connectivity index (χ1) is 14.1. The average molecular weight is 386 g/mol. The van der Waals surface area contributed by atoms with E-state index in [2.05, 4.69) is 21.7 Å². The molecule has 1 unspecified atom stereocenters. The van der Waals surface area contributed by atoms with Crippen molar-refractivity contribution in [2.75, 3.05) is 16.8 Å². The number of amides is 3. The molecule has 2 heterocycles. The number of aromatic nitrogens is 1. The first kappa shape index (κ1) is 18.7. The summed E-state index contributed by atoms with van der Waals surface area (Å²) in [5.41, 5.74) is 4.22. The molecule has 1 aliphatic rings. The molecule has 6 heteroatoms. The molecule has 0 spiro atoms. The molecular weight excluding hydrogens is 364 g/mol. The molecular formula is C23H22N4O2. The Balaban J connectivity index is 1.44. The summed E-state index contributed by atoms with van der Waals surface area (Å²) in [6.45, 7) is 2.57. The van der Waals surface area contributed by atoms with E-state index in [9.17, 15) is 9.59 Å². The summed E-state index contributed by atoms with van der Waals surface area (Å²) in [5, 5.41) is 5.70. The van der Waals surface area contributed by atoms with Crippen molar-refractivity contribution in [1.82, 2.24) is 10.3 Å². The topological polar surface area (TPSA) is 74.3 Å². The number of urea groups is 1.